The molecule has 1 amide bonds. The van der Waals surface area contributed by atoms with Crippen molar-refractivity contribution in [3.8, 4) is 0 Å². The minimum Gasteiger partial charge on any atom is -0.451 e. The molecule has 0 aliphatic carbocycles. The molecule has 7 heteroatoms. The zero-order valence-corrected chi connectivity index (χ0v) is 18.1. The van der Waals surface area contributed by atoms with Crippen LogP contribution < -0.4 is 5.56 Å². The Morgan fingerprint density at radius 2 is 1.68 bits per heavy atom. The largest absolute Gasteiger partial charge is 0.451 e. The lowest BCUT2D eigenvalue weighted by molar-refractivity contribution is -0.136. The van der Waals surface area contributed by atoms with Gasteiger partial charge in [0.15, 0.2) is 12.3 Å². The van der Waals surface area contributed by atoms with Crippen LogP contribution in [0.3, 0.4) is 0 Å². The first-order chi connectivity index (χ1) is 14.9. The fourth-order valence-corrected chi connectivity index (χ4v) is 3.37. The van der Waals surface area contributed by atoms with Crippen LogP contribution >= 0.6 is 0 Å². The third-order valence-electron chi connectivity index (χ3n) is 4.96. The Labute approximate surface area is 181 Å². The van der Waals surface area contributed by atoms with Gasteiger partial charge >= 0.3 is 5.97 Å². The molecule has 3 aromatic rings. The molecule has 0 saturated carbocycles. The summed E-state index contributed by atoms with van der Waals surface area (Å²) in [5, 5.41) is 5.04. The van der Waals surface area contributed by atoms with E-state index in [9.17, 15) is 14.4 Å². The molecule has 1 heterocycles. The summed E-state index contributed by atoms with van der Waals surface area (Å²) in [6, 6.07) is 16.4. The Morgan fingerprint density at radius 3 is 2.32 bits per heavy atom. The maximum absolute atomic E-state index is 12.8. The first-order valence-electron chi connectivity index (χ1n) is 10.4. The van der Waals surface area contributed by atoms with Gasteiger partial charge in [0.2, 0.25) is 0 Å². The summed E-state index contributed by atoms with van der Waals surface area (Å²) >= 11 is 0. The number of nitrogens with zero attached hydrogens (tertiary/aromatic N) is 3. The number of esters is 1. The number of carbonyl (C=O) groups excluding carboxylic acids is 2. The molecule has 0 fully saturated rings. The second-order valence-corrected chi connectivity index (χ2v) is 7.60. The summed E-state index contributed by atoms with van der Waals surface area (Å²) < 4.78 is 6.61. The Balaban J connectivity index is 1.79. The lowest BCUT2D eigenvalue weighted by Crippen LogP contribution is -2.39. The molecule has 7 nitrogen and oxygen atoms in total. The molecule has 0 radical (unpaired) electrons. The first kappa shape index (κ1) is 22.2. The van der Waals surface area contributed by atoms with Crippen molar-refractivity contribution >= 4 is 22.6 Å². The van der Waals surface area contributed by atoms with E-state index in [2.05, 4.69) is 5.10 Å². The Bertz CT molecular complexity index is 1120. The van der Waals surface area contributed by atoms with Crippen LogP contribution in [0.4, 0.5) is 0 Å². The van der Waals surface area contributed by atoms with Crippen LogP contribution in [0.15, 0.2) is 59.4 Å². The van der Waals surface area contributed by atoms with Gasteiger partial charge in [-0.25, -0.2) is 9.48 Å². The molecule has 0 aliphatic heterocycles. The molecule has 2 aromatic carbocycles. The fraction of sp³-hybridized carbons (Fsp3) is 0.333. The van der Waals surface area contributed by atoms with E-state index in [-0.39, 0.29) is 23.2 Å². The average molecular weight is 421 g/mol. The van der Waals surface area contributed by atoms with E-state index in [1.807, 2.05) is 51.1 Å². The highest BCUT2D eigenvalue weighted by atomic mass is 16.5. The minimum absolute atomic E-state index is 0.0376. The van der Waals surface area contributed by atoms with E-state index in [4.69, 9.17) is 4.74 Å². The van der Waals surface area contributed by atoms with Crippen molar-refractivity contribution in [1.29, 1.82) is 0 Å². The van der Waals surface area contributed by atoms with Crippen molar-refractivity contribution < 1.29 is 14.3 Å². The number of rotatable bonds is 8. The predicted octanol–water partition coefficient (Wildman–Crippen LogP) is 3.40. The molecule has 0 atom stereocenters. The molecular weight excluding hydrogens is 394 g/mol. The lowest BCUT2D eigenvalue weighted by Gasteiger charge is -2.26. The standard InChI is InChI=1S/C24H27N3O4/c1-4-14-27-23(29)20-13-9-8-12-19(20)22(25-27)24(30)31-16-21(28)26(17(2)3)15-18-10-6-5-7-11-18/h5-13,17H,4,14-16H2,1-3H3. The molecular formula is C24H27N3O4. The number of hydrogen-bond acceptors (Lipinski definition) is 5. The van der Waals surface area contributed by atoms with Gasteiger partial charge in [-0.2, -0.15) is 5.10 Å². The molecule has 0 unspecified atom stereocenters. The predicted molar refractivity (Wildman–Crippen MR) is 119 cm³/mol. The first-order valence-corrected chi connectivity index (χ1v) is 10.4. The Morgan fingerprint density at radius 1 is 1.03 bits per heavy atom. The second kappa shape index (κ2) is 10.0. The van der Waals surface area contributed by atoms with Gasteiger partial charge in [0.05, 0.1) is 5.39 Å². The zero-order valence-electron chi connectivity index (χ0n) is 18.1. The number of benzene rings is 2. The molecule has 0 spiro atoms. The number of ether oxygens (including phenoxy) is 1. The highest BCUT2D eigenvalue weighted by Gasteiger charge is 2.22. The SMILES string of the molecule is CCCn1nc(C(=O)OCC(=O)N(Cc2ccccc2)C(C)C)c2ccccc2c1=O. The monoisotopic (exact) mass is 421 g/mol. The van der Waals surface area contributed by atoms with Crippen molar-refractivity contribution in [2.45, 2.75) is 46.3 Å². The number of aryl methyl sites for hydroxylation is 1. The molecule has 0 saturated heterocycles. The van der Waals surface area contributed by atoms with Gasteiger partial charge in [-0.15, -0.1) is 0 Å². The topological polar surface area (TPSA) is 81.5 Å². The summed E-state index contributed by atoms with van der Waals surface area (Å²) in [4.78, 5) is 39.8. The number of carbonyl (C=O) groups is 2. The third kappa shape index (κ3) is 5.17. The van der Waals surface area contributed by atoms with Gasteiger partial charge in [-0.05, 0) is 31.9 Å². The lowest BCUT2D eigenvalue weighted by atomic mass is 10.1. The van der Waals surface area contributed by atoms with E-state index in [0.717, 1.165) is 5.56 Å². The Hall–Kier alpha value is -3.48. The van der Waals surface area contributed by atoms with Crippen LogP contribution in [0.5, 0.6) is 0 Å². The van der Waals surface area contributed by atoms with Crippen LogP contribution in [0.1, 0.15) is 43.2 Å². The van der Waals surface area contributed by atoms with E-state index >= 15 is 0 Å². The van der Waals surface area contributed by atoms with Gasteiger partial charge < -0.3 is 9.64 Å². The van der Waals surface area contributed by atoms with Gasteiger partial charge in [0.1, 0.15) is 0 Å². The maximum Gasteiger partial charge on any atom is 0.359 e. The van der Waals surface area contributed by atoms with Crippen LogP contribution in [0.2, 0.25) is 0 Å². The molecule has 3 rings (SSSR count). The van der Waals surface area contributed by atoms with Gasteiger partial charge in [-0.1, -0.05) is 55.5 Å². The van der Waals surface area contributed by atoms with Crippen molar-refractivity contribution in [3.05, 3.63) is 76.2 Å². The third-order valence-corrected chi connectivity index (χ3v) is 4.96. The van der Waals surface area contributed by atoms with E-state index < -0.39 is 12.6 Å². The molecule has 0 N–H and O–H groups in total. The molecule has 1 aromatic heterocycles. The summed E-state index contributed by atoms with van der Waals surface area (Å²) in [7, 11) is 0. The summed E-state index contributed by atoms with van der Waals surface area (Å²) in [5.41, 5.74) is 0.782. The molecule has 0 aliphatic rings. The fourth-order valence-electron chi connectivity index (χ4n) is 3.37. The second-order valence-electron chi connectivity index (χ2n) is 7.60. The van der Waals surface area contributed by atoms with Crippen LogP contribution in [0.25, 0.3) is 10.8 Å². The molecule has 162 valence electrons. The van der Waals surface area contributed by atoms with E-state index in [0.29, 0.717) is 30.3 Å². The average Bonchev–Trinajstić information content (AvgIpc) is 2.78. The quantitative estimate of drug-likeness (QED) is 0.521. The zero-order chi connectivity index (χ0) is 22.4. The smallest absolute Gasteiger partial charge is 0.359 e. The minimum atomic E-state index is -0.724. The number of aromatic nitrogens is 2. The summed E-state index contributed by atoms with van der Waals surface area (Å²) in [6.45, 7) is 6.18. The van der Waals surface area contributed by atoms with Crippen molar-refractivity contribution in [1.82, 2.24) is 14.7 Å². The van der Waals surface area contributed by atoms with Crippen LogP contribution in [-0.4, -0.2) is 39.2 Å². The highest BCUT2D eigenvalue weighted by molar-refractivity contribution is 6.02. The van der Waals surface area contributed by atoms with Crippen molar-refractivity contribution in [2.24, 2.45) is 0 Å². The van der Waals surface area contributed by atoms with Gasteiger partial charge in [0.25, 0.3) is 11.5 Å². The van der Waals surface area contributed by atoms with Crippen molar-refractivity contribution in [3.63, 3.8) is 0 Å². The summed E-state index contributed by atoms with van der Waals surface area (Å²) in [6.07, 6.45) is 0.695. The highest BCUT2D eigenvalue weighted by Crippen LogP contribution is 2.15. The maximum atomic E-state index is 12.8. The Kier molecular flexibility index (Phi) is 7.18. The van der Waals surface area contributed by atoms with Crippen molar-refractivity contribution in [2.75, 3.05) is 6.61 Å². The van der Waals surface area contributed by atoms with Gasteiger partial charge in [-0.3, -0.25) is 9.59 Å². The van der Waals surface area contributed by atoms with Gasteiger partial charge in [0, 0.05) is 24.5 Å². The number of hydrogen-bond donors (Lipinski definition) is 0. The normalized spacial score (nSPS) is 11.0. The molecule has 31 heavy (non-hydrogen) atoms. The number of amides is 1. The van der Waals surface area contributed by atoms with E-state index in [1.165, 1.54) is 4.68 Å². The molecule has 0 bridgehead atoms. The van der Waals surface area contributed by atoms with E-state index in [1.54, 1.807) is 29.2 Å². The van der Waals surface area contributed by atoms with Crippen LogP contribution in [-0.2, 0) is 22.6 Å². The summed E-state index contributed by atoms with van der Waals surface area (Å²) in [5.74, 6) is -1.02. The number of fused-ring (bicyclic) bond motifs is 1. The van der Waals surface area contributed by atoms with Crippen LogP contribution in [0, 0.1) is 0 Å².